The van der Waals surface area contributed by atoms with Crippen LogP contribution in [0, 0.1) is 0 Å². The number of aromatic nitrogens is 1. The molecule has 0 amide bonds. The SMILES string of the molecule is COc1cc(NS(C)(=O)=O)ccc1Nc1c2ccccc2nc2oc(=O)ccc12. The Labute approximate surface area is 166 Å². The molecule has 0 unspecified atom stereocenters. The number of pyridine rings is 1. The number of nitrogens with zero attached hydrogens (tertiary/aromatic N) is 1. The van der Waals surface area contributed by atoms with Crippen molar-refractivity contribution in [3.63, 3.8) is 0 Å². The maximum Gasteiger partial charge on any atom is 0.337 e. The number of anilines is 3. The summed E-state index contributed by atoms with van der Waals surface area (Å²) in [6.45, 7) is 0. The number of methoxy groups -OCH3 is 1. The monoisotopic (exact) mass is 411 g/mol. The van der Waals surface area contributed by atoms with Crippen molar-refractivity contribution in [2.24, 2.45) is 0 Å². The molecule has 2 N–H and O–H groups in total. The molecular weight excluding hydrogens is 394 g/mol. The van der Waals surface area contributed by atoms with Gasteiger partial charge in [0.25, 0.3) is 0 Å². The number of rotatable bonds is 5. The normalized spacial score (nSPS) is 11.5. The standard InChI is InChI=1S/C20H17N3O5S/c1-27-17-11-12(23-29(2,25)26)7-9-16(17)21-19-13-5-3-4-6-15(13)22-20-14(19)8-10-18(24)28-20/h3-11,23H,1-2H3,(H,21,22). The van der Waals surface area contributed by atoms with Crippen molar-refractivity contribution in [3.05, 3.63) is 65.0 Å². The van der Waals surface area contributed by atoms with Crippen LogP contribution >= 0.6 is 0 Å². The minimum atomic E-state index is -3.41. The predicted molar refractivity (Wildman–Crippen MR) is 113 cm³/mol. The van der Waals surface area contributed by atoms with Gasteiger partial charge in [-0.05, 0) is 24.3 Å². The fourth-order valence-electron chi connectivity index (χ4n) is 3.06. The van der Waals surface area contributed by atoms with Gasteiger partial charge in [-0.15, -0.1) is 0 Å². The summed E-state index contributed by atoms with van der Waals surface area (Å²) in [6.07, 6.45) is 1.08. The Morgan fingerprint density at radius 2 is 1.83 bits per heavy atom. The van der Waals surface area contributed by atoms with Gasteiger partial charge in [0.05, 0.1) is 41.3 Å². The molecule has 4 aromatic rings. The van der Waals surface area contributed by atoms with Gasteiger partial charge in [-0.25, -0.2) is 18.2 Å². The molecule has 4 rings (SSSR count). The molecule has 8 nitrogen and oxygen atoms in total. The zero-order chi connectivity index (χ0) is 20.6. The minimum absolute atomic E-state index is 0.216. The largest absolute Gasteiger partial charge is 0.494 e. The van der Waals surface area contributed by atoms with Crippen molar-refractivity contribution < 1.29 is 17.6 Å². The van der Waals surface area contributed by atoms with Crippen LogP contribution in [-0.4, -0.2) is 26.8 Å². The Morgan fingerprint density at radius 1 is 1.03 bits per heavy atom. The van der Waals surface area contributed by atoms with Gasteiger partial charge in [-0.2, -0.15) is 0 Å². The van der Waals surface area contributed by atoms with Gasteiger partial charge in [-0.3, -0.25) is 4.72 Å². The van der Waals surface area contributed by atoms with E-state index in [4.69, 9.17) is 9.15 Å². The first-order chi connectivity index (χ1) is 13.8. The van der Waals surface area contributed by atoms with Crippen LogP contribution in [0.1, 0.15) is 0 Å². The van der Waals surface area contributed by atoms with Crippen LogP contribution in [0.25, 0.3) is 22.0 Å². The lowest BCUT2D eigenvalue weighted by molar-refractivity contribution is 0.417. The van der Waals surface area contributed by atoms with E-state index >= 15 is 0 Å². The summed E-state index contributed by atoms with van der Waals surface area (Å²) < 4.78 is 36.1. The Bertz CT molecular complexity index is 1400. The smallest absolute Gasteiger partial charge is 0.337 e. The average molecular weight is 411 g/mol. The average Bonchev–Trinajstić information content (AvgIpc) is 2.67. The second-order valence-electron chi connectivity index (χ2n) is 6.39. The van der Waals surface area contributed by atoms with Gasteiger partial charge in [0.15, 0.2) is 0 Å². The number of nitrogens with one attached hydrogen (secondary N) is 2. The number of fused-ring (bicyclic) bond motifs is 2. The third-order valence-corrected chi connectivity index (χ3v) is 4.85. The van der Waals surface area contributed by atoms with E-state index in [-0.39, 0.29) is 5.71 Å². The molecule has 0 aliphatic rings. The summed E-state index contributed by atoms with van der Waals surface area (Å²) in [7, 11) is -1.92. The molecule has 2 aromatic carbocycles. The summed E-state index contributed by atoms with van der Waals surface area (Å²) in [5.74, 6) is 0.435. The highest BCUT2D eigenvalue weighted by molar-refractivity contribution is 7.92. The van der Waals surface area contributed by atoms with Crippen molar-refractivity contribution in [3.8, 4) is 5.75 Å². The van der Waals surface area contributed by atoms with Gasteiger partial charge in [-0.1, -0.05) is 18.2 Å². The Kier molecular flexibility index (Phi) is 4.59. The van der Waals surface area contributed by atoms with Gasteiger partial charge >= 0.3 is 5.63 Å². The van der Waals surface area contributed by atoms with Crippen LogP contribution in [-0.2, 0) is 10.0 Å². The number of ether oxygens (including phenoxy) is 1. The minimum Gasteiger partial charge on any atom is -0.494 e. The van der Waals surface area contributed by atoms with E-state index in [1.807, 2.05) is 24.3 Å². The van der Waals surface area contributed by atoms with Crippen LogP contribution in [0.4, 0.5) is 17.1 Å². The Hall–Kier alpha value is -3.59. The van der Waals surface area contributed by atoms with E-state index in [9.17, 15) is 13.2 Å². The summed E-state index contributed by atoms with van der Waals surface area (Å²) in [4.78, 5) is 16.1. The van der Waals surface area contributed by atoms with Crippen LogP contribution < -0.4 is 20.4 Å². The number of hydrogen-bond acceptors (Lipinski definition) is 7. The van der Waals surface area contributed by atoms with E-state index in [0.29, 0.717) is 33.7 Å². The Morgan fingerprint density at radius 3 is 2.59 bits per heavy atom. The van der Waals surface area contributed by atoms with Gasteiger partial charge in [0.1, 0.15) is 5.75 Å². The second kappa shape index (κ2) is 7.10. The molecule has 9 heteroatoms. The molecule has 0 atom stereocenters. The summed E-state index contributed by atoms with van der Waals surface area (Å²) in [6, 6.07) is 15.3. The van der Waals surface area contributed by atoms with E-state index in [0.717, 1.165) is 11.6 Å². The molecule has 0 bridgehead atoms. The van der Waals surface area contributed by atoms with E-state index in [1.54, 1.807) is 24.3 Å². The molecule has 2 aromatic heterocycles. The predicted octanol–water partition coefficient (Wildman–Crippen LogP) is 3.46. The van der Waals surface area contributed by atoms with Crippen LogP contribution in [0.5, 0.6) is 5.75 Å². The lowest BCUT2D eigenvalue weighted by Gasteiger charge is -2.16. The molecule has 148 valence electrons. The number of hydrogen-bond donors (Lipinski definition) is 2. The highest BCUT2D eigenvalue weighted by Crippen LogP contribution is 2.36. The fraction of sp³-hybridized carbons (Fsp3) is 0.100. The molecule has 0 aliphatic heterocycles. The van der Waals surface area contributed by atoms with Gasteiger partial charge < -0.3 is 14.5 Å². The van der Waals surface area contributed by atoms with E-state index in [2.05, 4.69) is 15.0 Å². The number of benzene rings is 2. The van der Waals surface area contributed by atoms with Crippen molar-refractivity contribution in [2.45, 2.75) is 0 Å². The quantitative estimate of drug-likeness (QED) is 0.484. The fourth-order valence-corrected chi connectivity index (χ4v) is 3.61. The summed E-state index contributed by atoms with van der Waals surface area (Å²) >= 11 is 0. The lowest BCUT2D eigenvalue weighted by atomic mass is 10.1. The second-order valence-corrected chi connectivity index (χ2v) is 8.14. The zero-order valence-electron chi connectivity index (χ0n) is 15.6. The van der Waals surface area contributed by atoms with Crippen LogP contribution in [0.2, 0.25) is 0 Å². The van der Waals surface area contributed by atoms with Crippen molar-refractivity contribution in [1.82, 2.24) is 4.98 Å². The molecular formula is C20H17N3O5S. The van der Waals surface area contributed by atoms with Crippen molar-refractivity contribution >= 4 is 49.1 Å². The van der Waals surface area contributed by atoms with Crippen LogP contribution in [0.3, 0.4) is 0 Å². The Balaban J connectivity index is 1.88. The van der Waals surface area contributed by atoms with Crippen LogP contribution in [0.15, 0.2) is 63.8 Å². The molecule has 0 radical (unpaired) electrons. The summed E-state index contributed by atoms with van der Waals surface area (Å²) in [5, 5.41) is 4.77. The van der Waals surface area contributed by atoms with Crippen molar-refractivity contribution in [2.75, 3.05) is 23.4 Å². The third-order valence-electron chi connectivity index (χ3n) is 4.24. The third kappa shape index (κ3) is 3.85. The van der Waals surface area contributed by atoms with Crippen molar-refractivity contribution in [1.29, 1.82) is 0 Å². The maximum absolute atomic E-state index is 11.6. The molecule has 0 saturated heterocycles. The van der Waals surface area contributed by atoms with Gasteiger partial charge in [0.2, 0.25) is 15.7 Å². The maximum atomic E-state index is 11.6. The molecule has 0 spiro atoms. The zero-order valence-corrected chi connectivity index (χ0v) is 16.4. The molecule has 0 fully saturated rings. The highest BCUT2D eigenvalue weighted by Gasteiger charge is 2.14. The number of sulfonamides is 1. The molecule has 0 aliphatic carbocycles. The first kappa shape index (κ1) is 18.8. The molecule has 2 heterocycles. The summed E-state index contributed by atoms with van der Waals surface area (Å²) in [5.41, 5.74) is 2.07. The van der Waals surface area contributed by atoms with Gasteiger partial charge in [0, 0.05) is 17.5 Å². The first-order valence-electron chi connectivity index (χ1n) is 8.59. The highest BCUT2D eigenvalue weighted by atomic mass is 32.2. The van der Waals surface area contributed by atoms with E-state index < -0.39 is 15.6 Å². The number of para-hydroxylation sites is 1. The first-order valence-corrected chi connectivity index (χ1v) is 10.5. The lowest BCUT2D eigenvalue weighted by Crippen LogP contribution is -2.09. The van der Waals surface area contributed by atoms with E-state index in [1.165, 1.54) is 13.2 Å². The topological polar surface area (TPSA) is 111 Å². The molecule has 0 saturated carbocycles. The molecule has 29 heavy (non-hydrogen) atoms.